The summed E-state index contributed by atoms with van der Waals surface area (Å²) in [4.78, 5) is 24.0. The Labute approximate surface area is 121 Å². The minimum Gasteiger partial charge on any atom is -0.506 e. The number of aromatic hydroxyl groups is 1. The minimum atomic E-state index is -0.524. The van der Waals surface area contributed by atoms with E-state index in [1.54, 1.807) is 21.0 Å². The molecule has 2 N–H and O–H groups in total. The molecule has 0 radical (unpaired) electrons. The van der Waals surface area contributed by atoms with Gasteiger partial charge in [-0.15, -0.1) is 11.3 Å². The van der Waals surface area contributed by atoms with Crippen LogP contribution in [-0.2, 0) is 9.47 Å². The van der Waals surface area contributed by atoms with Gasteiger partial charge in [-0.05, 0) is 20.3 Å². The molecule has 0 fully saturated rings. The van der Waals surface area contributed by atoms with Crippen molar-refractivity contribution in [2.75, 3.05) is 26.9 Å². The quantitative estimate of drug-likeness (QED) is 0.591. The zero-order valence-corrected chi connectivity index (χ0v) is 12.6. The molecule has 1 aromatic heterocycles. The Morgan fingerprint density at radius 3 is 2.65 bits per heavy atom. The number of hydrogen-bond donors (Lipinski definition) is 2. The lowest BCUT2D eigenvalue weighted by molar-refractivity contribution is 0.0531. The van der Waals surface area contributed by atoms with Crippen molar-refractivity contribution >= 4 is 23.2 Å². The molecule has 0 atom stereocenters. The highest BCUT2D eigenvalue weighted by Crippen LogP contribution is 2.34. The highest BCUT2D eigenvalue weighted by Gasteiger charge is 2.24. The molecule has 0 spiro atoms. The molecular weight excluding hydrogens is 282 g/mol. The first kappa shape index (κ1) is 16.5. The average molecular weight is 301 g/mol. The fourth-order valence-corrected chi connectivity index (χ4v) is 2.56. The summed E-state index contributed by atoms with van der Waals surface area (Å²) in [7, 11) is 1.59. The van der Waals surface area contributed by atoms with E-state index in [1.807, 2.05) is 0 Å². The number of carbonyl (C=O) groups excluding carboxylic acids is 2. The third-order valence-corrected chi connectivity index (χ3v) is 3.85. The maximum Gasteiger partial charge on any atom is 0.348 e. The summed E-state index contributed by atoms with van der Waals surface area (Å²) in [6, 6.07) is 0. The molecule has 1 rings (SSSR count). The number of hydrogen-bond acceptors (Lipinski definition) is 6. The van der Waals surface area contributed by atoms with Gasteiger partial charge >= 0.3 is 5.97 Å². The number of methoxy groups -OCH3 is 1. The van der Waals surface area contributed by atoms with Gasteiger partial charge in [-0.3, -0.25) is 4.79 Å². The van der Waals surface area contributed by atoms with Crippen LogP contribution >= 0.6 is 11.3 Å². The average Bonchev–Trinajstić information content (AvgIpc) is 2.72. The lowest BCUT2D eigenvalue weighted by atomic mass is 10.2. The van der Waals surface area contributed by atoms with Gasteiger partial charge in [0, 0.05) is 25.8 Å². The number of carbonyl (C=O) groups is 2. The molecule has 1 aromatic rings. The van der Waals surface area contributed by atoms with Crippen LogP contribution in [0.4, 0.5) is 0 Å². The van der Waals surface area contributed by atoms with E-state index in [4.69, 9.17) is 9.47 Å². The van der Waals surface area contributed by atoms with Crippen LogP contribution in [0.25, 0.3) is 0 Å². The van der Waals surface area contributed by atoms with Crippen molar-refractivity contribution in [1.29, 1.82) is 0 Å². The predicted molar refractivity (Wildman–Crippen MR) is 75.5 cm³/mol. The van der Waals surface area contributed by atoms with Crippen molar-refractivity contribution < 1.29 is 24.2 Å². The Bertz CT molecular complexity index is 483. The number of amides is 1. The van der Waals surface area contributed by atoms with E-state index in [0.29, 0.717) is 25.1 Å². The highest BCUT2D eigenvalue weighted by atomic mass is 32.1. The number of thiophene rings is 1. The standard InChI is InChI=1S/C13H19NO5S/c1-4-19-13(17)10-8(2)9(15)11(20-10)12(16)14-6-5-7-18-3/h15H,4-7H2,1-3H3,(H,14,16). The molecule has 0 aliphatic heterocycles. The van der Waals surface area contributed by atoms with E-state index < -0.39 is 11.9 Å². The van der Waals surface area contributed by atoms with Crippen LogP contribution in [0, 0.1) is 6.92 Å². The molecule has 0 aliphatic carbocycles. The van der Waals surface area contributed by atoms with Crippen molar-refractivity contribution in [2.45, 2.75) is 20.3 Å². The molecule has 20 heavy (non-hydrogen) atoms. The Morgan fingerprint density at radius 2 is 2.05 bits per heavy atom. The van der Waals surface area contributed by atoms with Gasteiger partial charge in [-0.1, -0.05) is 0 Å². The fourth-order valence-electron chi connectivity index (χ4n) is 1.55. The Kier molecular flexibility index (Phi) is 6.47. The van der Waals surface area contributed by atoms with Crippen molar-refractivity contribution in [2.24, 2.45) is 0 Å². The molecule has 0 aliphatic rings. The van der Waals surface area contributed by atoms with E-state index in [2.05, 4.69) is 5.32 Å². The van der Waals surface area contributed by atoms with E-state index >= 15 is 0 Å². The molecule has 112 valence electrons. The summed E-state index contributed by atoms with van der Waals surface area (Å²) >= 11 is 0.938. The molecule has 0 saturated carbocycles. The van der Waals surface area contributed by atoms with Crippen LogP contribution in [0.1, 0.15) is 38.3 Å². The van der Waals surface area contributed by atoms with Gasteiger partial charge in [-0.25, -0.2) is 4.79 Å². The van der Waals surface area contributed by atoms with Crippen LogP contribution in [0.15, 0.2) is 0 Å². The van der Waals surface area contributed by atoms with E-state index in [0.717, 1.165) is 11.3 Å². The second-order valence-electron chi connectivity index (χ2n) is 4.06. The Balaban J connectivity index is 2.78. The summed E-state index contributed by atoms with van der Waals surface area (Å²) in [5.41, 5.74) is 0.371. The third kappa shape index (κ3) is 3.94. The van der Waals surface area contributed by atoms with E-state index in [-0.39, 0.29) is 22.1 Å². The normalized spacial score (nSPS) is 10.3. The van der Waals surface area contributed by atoms with Gasteiger partial charge in [0.2, 0.25) is 0 Å². The van der Waals surface area contributed by atoms with Crippen molar-refractivity contribution in [3.05, 3.63) is 15.3 Å². The number of ether oxygens (including phenoxy) is 2. The van der Waals surface area contributed by atoms with Gasteiger partial charge in [0.25, 0.3) is 5.91 Å². The first-order chi connectivity index (χ1) is 9.52. The number of esters is 1. The van der Waals surface area contributed by atoms with Gasteiger partial charge < -0.3 is 19.9 Å². The molecule has 1 heterocycles. The summed E-state index contributed by atoms with van der Waals surface area (Å²) < 4.78 is 9.76. The van der Waals surface area contributed by atoms with Crippen LogP contribution in [-0.4, -0.2) is 43.9 Å². The second-order valence-corrected chi connectivity index (χ2v) is 5.08. The molecule has 0 saturated heterocycles. The molecule has 7 heteroatoms. The predicted octanol–water partition coefficient (Wildman–Crippen LogP) is 1.71. The fraction of sp³-hybridized carbons (Fsp3) is 0.538. The number of nitrogens with one attached hydrogen (secondary N) is 1. The monoisotopic (exact) mass is 301 g/mol. The Morgan fingerprint density at radius 1 is 1.35 bits per heavy atom. The largest absolute Gasteiger partial charge is 0.506 e. The lowest BCUT2D eigenvalue weighted by Gasteiger charge is -2.03. The molecule has 0 unspecified atom stereocenters. The van der Waals surface area contributed by atoms with Crippen LogP contribution in [0.3, 0.4) is 0 Å². The van der Waals surface area contributed by atoms with Gasteiger partial charge in [0.1, 0.15) is 15.5 Å². The van der Waals surface area contributed by atoms with E-state index in [9.17, 15) is 14.7 Å². The molecule has 0 aromatic carbocycles. The summed E-state index contributed by atoms with van der Waals surface area (Å²) in [5, 5.41) is 12.6. The maximum absolute atomic E-state index is 11.9. The summed E-state index contributed by atoms with van der Waals surface area (Å²) in [6.45, 7) is 4.51. The summed E-state index contributed by atoms with van der Waals surface area (Å²) in [5.74, 6) is -1.09. The van der Waals surface area contributed by atoms with Crippen molar-refractivity contribution in [1.82, 2.24) is 5.32 Å². The SMILES string of the molecule is CCOC(=O)c1sc(C(=O)NCCCOC)c(O)c1C. The highest BCUT2D eigenvalue weighted by molar-refractivity contribution is 7.16. The summed E-state index contributed by atoms with van der Waals surface area (Å²) in [6.07, 6.45) is 0.679. The smallest absolute Gasteiger partial charge is 0.348 e. The van der Waals surface area contributed by atoms with E-state index in [1.165, 1.54) is 0 Å². The third-order valence-electron chi connectivity index (χ3n) is 2.59. The minimum absolute atomic E-state index is 0.128. The van der Waals surface area contributed by atoms with Gasteiger partial charge in [-0.2, -0.15) is 0 Å². The first-order valence-corrected chi connectivity index (χ1v) is 7.11. The van der Waals surface area contributed by atoms with Gasteiger partial charge in [0.15, 0.2) is 0 Å². The van der Waals surface area contributed by atoms with Gasteiger partial charge in [0.05, 0.1) is 6.61 Å². The molecule has 6 nitrogen and oxygen atoms in total. The Hall–Kier alpha value is -1.60. The number of rotatable bonds is 7. The van der Waals surface area contributed by atoms with Crippen molar-refractivity contribution in [3.8, 4) is 5.75 Å². The lowest BCUT2D eigenvalue weighted by Crippen LogP contribution is -2.24. The van der Waals surface area contributed by atoms with Crippen LogP contribution in [0.5, 0.6) is 5.75 Å². The topological polar surface area (TPSA) is 84.9 Å². The van der Waals surface area contributed by atoms with Crippen LogP contribution in [0.2, 0.25) is 0 Å². The van der Waals surface area contributed by atoms with Crippen LogP contribution < -0.4 is 5.32 Å². The van der Waals surface area contributed by atoms with Crippen molar-refractivity contribution in [3.63, 3.8) is 0 Å². The second kappa shape index (κ2) is 7.86. The molecule has 0 bridgehead atoms. The zero-order chi connectivity index (χ0) is 15.1. The zero-order valence-electron chi connectivity index (χ0n) is 11.8. The molecule has 1 amide bonds. The maximum atomic E-state index is 11.9. The first-order valence-electron chi connectivity index (χ1n) is 6.29. The molecular formula is C13H19NO5S.